The highest BCUT2D eigenvalue weighted by molar-refractivity contribution is 7.99. The summed E-state index contributed by atoms with van der Waals surface area (Å²) in [6.07, 6.45) is -3.71. The van der Waals surface area contributed by atoms with E-state index in [1.807, 2.05) is 0 Å². The lowest BCUT2D eigenvalue weighted by Crippen LogP contribution is -2.28. The number of rotatable bonds is 5. The SMILES string of the molecule is CN(Cc1ccccc1F)C(=O)CSc1ccc(C(F)(F)F)cn1. The molecule has 0 aliphatic rings. The van der Waals surface area contributed by atoms with Crippen molar-refractivity contribution in [2.24, 2.45) is 0 Å². The standard InChI is InChI=1S/C16H14F4N2OS/c1-22(9-11-4-2-3-5-13(11)17)15(23)10-24-14-7-6-12(8-21-14)16(18,19)20/h2-8H,9-10H2,1H3. The predicted octanol–water partition coefficient (Wildman–Crippen LogP) is 3.99. The van der Waals surface area contributed by atoms with E-state index in [9.17, 15) is 22.4 Å². The molecule has 0 radical (unpaired) electrons. The van der Waals surface area contributed by atoms with Gasteiger partial charge in [-0.15, -0.1) is 0 Å². The van der Waals surface area contributed by atoms with Crippen molar-refractivity contribution in [3.05, 3.63) is 59.5 Å². The molecule has 128 valence electrons. The third kappa shape index (κ3) is 4.95. The molecule has 0 fully saturated rings. The molecule has 8 heteroatoms. The Hall–Kier alpha value is -2.09. The smallest absolute Gasteiger partial charge is 0.341 e. The largest absolute Gasteiger partial charge is 0.417 e. The maximum atomic E-state index is 13.6. The molecule has 3 nitrogen and oxygen atoms in total. The van der Waals surface area contributed by atoms with Crippen LogP contribution in [0.25, 0.3) is 0 Å². The maximum absolute atomic E-state index is 13.6. The number of carbonyl (C=O) groups is 1. The van der Waals surface area contributed by atoms with Crippen molar-refractivity contribution in [1.29, 1.82) is 0 Å². The van der Waals surface area contributed by atoms with Crippen LogP contribution in [0, 0.1) is 5.82 Å². The molecule has 0 unspecified atom stereocenters. The number of halogens is 4. The second-order valence-corrected chi connectivity index (χ2v) is 6.01. The summed E-state index contributed by atoms with van der Waals surface area (Å²) in [6, 6.07) is 8.28. The molecule has 0 spiro atoms. The molecule has 2 aromatic rings. The first-order chi connectivity index (χ1) is 11.3. The molecule has 2 rings (SSSR count). The molecule has 0 aliphatic heterocycles. The van der Waals surface area contributed by atoms with Crippen LogP contribution in [-0.2, 0) is 17.5 Å². The highest BCUT2D eigenvalue weighted by atomic mass is 32.2. The van der Waals surface area contributed by atoms with Crippen LogP contribution in [0.15, 0.2) is 47.6 Å². The Labute approximate surface area is 140 Å². The van der Waals surface area contributed by atoms with Crippen LogP contribution in [0.5, 0.6) is 0 Å². The first kappa shape index (κ1) is 18.3. The van der Waals surface area contributed by atoms with Gasteiger partial charge in [0.1, 0.15) is 5.82 Å². The summed E-state index contributed by atoms with van der Waals surface area (Å²) in [7, 11) is 1.54. The Balaban J connectivity index is 1.89. The summed E-state index contributed by atoms with van der Waals surface area (Å²) in [4.78, 5) is 17.1. The number of pyridine rings is 1. The number of amides is 1. The van der Waals surface area contributed by atoms with Gasteiger partial charge in [-0.1, -0.05) is 30.0 Å². The lowest BCUT2D eigenvalue weighted by atomic mass is 10.2. The number of carbonyl (C=O) groups excluding carboxylic acids is 1. The molecule has 1 amide bonds. The van der Waals surface area contributed by atoms with Crippen molar-refractivity contribution in [3.63, 3.8) is 0 Å². The summed E-state index contributed by atoms with van der Waals surface area (Å²) in [5, 5.41) is 0.315. The molecule has 1 aromatic carbocycles. The minimum absolute atomic E-state index is 0.00329. The molecule has 1 aromatic heterocycles. The van der Waals surface area contributed by atoms with Gasteiger partial charge in [-0.3, -0.25) is 4.79 Å². The number of hydrogen-bond acceptors (Lipinski definition) is 3. The number of hydrogen-bond donors (Lipinski definition) is 0. The van der Waals surface area contributed by atoms with E-state index in [1.54, 1.807) is 18.2 Å². The van der Waals surface area contributed by atoms with Crippen LogP contribution in [0.2, 0.25) is 0 Å². The summed E-state index contributed by atoms with van der Waals surface area (Å²) in [5.74, 6) is -0.664. The number of nitrogens with zero attached hydrogens (tertiary/aromatic N) is 2. The monoisotopic (exact) mass is 358 g/mol. The Morgan fingerprint density at radius 2 is 1.92 bits per heavy atom. The van der Waals surface area contributed by atoms with Crippen molar-refractivity contribution in [2.45, 2.75) is 17.7 Å². The maximum Gasteiger partial charge on any atom is 0.417 e. The van der Waals surface area contributed by atoms with E-state index in [0.29, 0.717) is 10.6 Å². The molecule has 0 N–H and O–H groups in total. The van der Waals surface area contributed by atoms with E-state index >= 15 is 0 Å². The van der Waals surface area contributed by atoms with Crippen molar-refractivity contribution in [1.82, 2.24) is 9.88 Å². The van der Waals surface area contributed by atoms with E-state index in [0.717, 1.165) is 24.0 Å². The van der Waals surface area contributed by atoms with Gasteiger partial charge in [-0.25, -0.2) is 9.37 Å². The van der Waals surface area contributed by atoms with Crippen molar-refractivity contribution in [2.75, 3.05) is 12.8 Å². The van der Waals surface area contributed by atoms with Crippen LogP contribution in [0.3, 0.4) is 0 Å². The highest BCUT2D eigenvalue weighted by Gasteiger charge is 2.30. The van der Waals surface area contributed by atoms with E-state index in [1.165, 1.54) is 24.1 Å². The van der Waals surface area contributed by atoms with Gasteiger partial charge in [-0.2, -0.15) is 13.2 Å². The molecule has 0 bridgehead atoms. The quantitative estimate of drug-likeness (QED) is 0.599. The van der Waals surface area contributed by atoms with Crippen LogP contribution in [0.1, 0.15) is 11.1 Å². The summed E-state index contributed by atoms with van der Waals surface area (Å²) >= 11 is 1.03. The van der Waals surface area contributed by atoms with Gasteiger partial charge in [0.2, 0.25) is 5.91 Å². The predicted molar refractivity (Wildman–Crippen MR) is 82.8 cm³/mol. The minimum atomic E-state index is -4.44. The number of alkyl halides is 3. The molecule has 24 heavy (non-hydrogen) atoms. The van der Waals surface area contributed by atoms with Gasteiger partial charge in [0, 0.05) is 25.4 Å². The zero-order valence-corrected chi connectivity index (χ0v) is 13.5. The van der Waals surface area contributed by atoms with E-state index in [2.05, 4.69) is 4.98 Å². The lowest BCUT2D eigenvalue weighted by Gasteiger charge is -2.17. The summed E-state index contributed by atoms with van der Waals surface area (Å²) < 4.78 is 50.9. The molecular weight excluding hydrogens is 344 g/mol. The molecular formula is C16H14F4N2OS. The van der Waals surface area contributed by atoms with Gasteiger partial charge in [-0.05, 0) is 18.2 Å². The number of aromatic nitrogens is 1. The van der Waals surface area contributed by atoms with Gasteiger partial charge >= 0.3 is 6.18 Å². The molecule has 0 saturated carbocycles. The van der Waals surface area contributed by atoms with Crippen molar-refractivity contribution in [3.8, 4) is 0 Å². The third-order valence-corrected chi connectivity index (χ3v) is 4.13. The molecule has 1 heterocycles. The third-order valence-electron chi connectivity index (χ3n) is 3.20. The Morgan fingerprint density at radius 1 is 1.21 bits per heavy atom. The topological polar surface area (TPSA) is 33.2 Å². The highest BCUT2D eigenvalue weighted by Crippen LogP contribution is 2.29. The Morgan fingerprint density at radius 3 is 2.50 bits per heavy atom. The van der Waals surface area contributed by atoms with Gasteiger partial charge in [0.15, 0.2) is 0 Å². The summed E-state index contributed by atoms with van der Waals surface area (Å²) in [5.41, 5.74) is -0.444. The van der Waals surface area contributed by atoms with Gasteiger partial charge in [0.05, 0.1) is 16.3 Å². The van der Waals surface area contributed by atoms with E-state index < -0.39 is 17.6 Å². The van der Waals surface area contributed by atoms with Crippen molar-refractivity contribution >= 4 is 17.7 Å². The average Bonchev–Trinajstić information content (AvgIpc) is 2.54. The van der Waals surface area contributed by atoms with Gasteiger partial charge < -0.3 is 4.90 Å². The summed E-state index contributed by atoms with van der Waals surface area (Å²) in [6.45, 7) is 0.118. The molecule has 0 aliphatic carbocycles. The fourth-order valence-electron chi connectivity index (χ4n) is 1.85. The van der Waals surface area contributed by atoms with E-state index in [4.69, 9.17) is 0 Å². The first-order valence-corrected chi connectivity index (χ1v) is 7.89. The Kier molecular flexibility index (Phi) is 5.82. The fraction of sp³-hybridized carbons (Fsp3) is 0.250. The van der Waals surface area contributed by atoms with Crippen molar-refractivity contribution < 1.29 is 22.4 Å². The Bertz CT molecular complexity index is 704. The van der Waals surface area contributed by atoms with Crippen LogP contribution < -0.4 is 0 Å². The van der Waals surface area contributed by atoms with Gasteiger partial charge in [0.25, 0.3) is 0 Å². The zero-order chi connectivity index (χ0) is 17.7. The van der Waals surface area contributed by atoms with Crippen LogP contribution in [-0.4, -0.2) is 28.6 Å². The molecule has 0 saturated heterocycles. The second-order valence-electron chi connectivity index (χ2n) is 5.01. The second kappa shape index (κ2) is 7.65. The zero-order valence-electron chi connectivity index (χ0n) is 12.7. The average molecular weight is 358 g/mol. The number of thioether (sulfide) groups is 1. The van der Waals surface area contributed by atoms with E-state index in [-0.39, 0.29) is 18.2 Å². The van der Waals surface area contributed by atoms with Crippen LogP contribution >= 0.6 is 11.8 Å². The number of benzene rings is 1. The van der Waals surface area contributed by atoms with Crippen LogP contribution in [0.4, 0.5) is 17.6 Å². The normalized spacial score (nSPS) is 11.4. The molecule has 0 atom stereocenters. The first-order valence-electron chi connectivity index (χ1n) is 6.91. The fourth-order valence-corrected chi connectivity index (χ4v) is 2.63. The lowest BCUT2D eigenvalue weighted by molar-refractivity contribution is -0.138. The minimum Gasteiger partial charge on any atom is -0.341 e.